The highest BCUT2D eigenvalue weighted by molar-refractivity contribution is 6.11. The molecule has 0 radical (unpaired) electrons. The summed E-state index contributed by atoms with van der Waals surface area (Å²) in [4.78, 5) is 24.4. The average Bonchev–Trinajstić information content (AvgIpc) is 2.46. The van der Waals surface area contributed by atoms with Crippen LogP contribution in [-0.4, -0.2) is 22.3 Å². The summed E-state index contributed by atoms with van der Waals surface area (Å²) in [6, 6.07) is 0. The van der Waals surface area contributed by atoms with Crippen LogP contribution in [-0.2, 0) is 9.59 Å². The summed E-state index contributed by atoms with van der Waals surface area (Å²) in [5.41, 5.74) is 0.329. The topological polar surface area (TPSA) is 54.4 Å². The number of carbonyl (C=O) groups is 2. The third kappa shape index (κ3) is 2.05. The van der Waals surface area contributed by atoms with E-state index in [2.05, 4.69) is 6.92 Å². The first-order valence-corrected chi connectivity index (χ1v) is 6.74. The van der Waals surface area contributed by atoms with Gasteiger partial charge in [-0.25, -0.2) is 0 Å². The summed E-state index contributed by atoms with van der Waals surface area (Å²) in [5.74, 6) is 0.155. The molecule has 2 aliphatic rings. The van der Waals surface area contributed by atoms with E-state index in [1.807, 2.05) is 0 Å². The molecule has 0 amide bonds. The van der Waals surface area contributed by atoms with Crippen molar-refractivity contribution in [2.24, 2.45) is 17.8 Å². The van der Waals surface area contributed by atoms with Gasteiger partial charge in [-0.05, 0) is 51.0 Å². The summed E-state index contributed by atoms with van der Waals surface area (Å²) < 4.78 is 0. The lowest BCUT2D eigenvalue weighted by Gasteiger charge is -2.27. The van der Waals surface area contributed by atoms with Crippen molar-refractivity contribution in [3.8, 4) is 0 Å². The Hall–Kier alpha value is -0.960. The van der Waals surface area contributed by atoms with E-state index in [4.69, 9.17) is 0 Å². The van der Waals surface area contributed by atoms with Crippen LogP contribution < -0.4 is 0 Å². The molecule has 3 nitrogen and oxygen atoms in total. The van der Waals surface area contributed by atoms with Gasteiger partial charge in [0.05, 0.1) is 11.5 Å². The van der Waals surface area contributed by atoms with Crippen LogP contribution in [0.25, 0.3) is 0 Å². The smallest absolute Gasteiger partial charge is 0.165 e. The monoisotopic (exact) mass is 250 g/mol. The van der Waals surface area contributed by atoms with Crippen molar-refractivity contribution in [3.63, 3.8) is 0 Å². The Bertz CT molecular complexity index is 426. The van der Waals surface area contributed by atoms with Crippen molar-refractivity contribution in [2.45, 2.75) is 52.6 Å². The molecular weight excluding hydrogens is 228 g/mol. The van der Waals surface area contributed by atoms with Gasteiger partial charge in [0.2, 0.25) is 0 Å². The molecule has 0 aromatic heterocycles. The van der Waals surface area contributed by atoms with E-state index in [-0.39, 0.29) is 23.4 Å². The number of hydrogen-bond acceptors (Lipinski definition) is 3. The lowest BCUT2D eigenvalue weighted by atomic mass is 9.81. The van der Waals surface area contributed by atoms with E-state index >= 15 is 0 Å². The van der Waals surface area contributed by atoms with E-state index in [1.165, 1.54) is 0 Å². The zero-order valence-corrected chi connectivity index (χ0v) is 11.6. The van der Waals surface area contributed by atoms with Gasteiger partial charge in [-0.15, -0.1) is 0 Å². The number of carbonyl (C=O) groups excluding carboxylic acids is 2. The normalized spacial score (nSPS) is 33.7. The molecule has 1 saturated carbocycles. The molecule has 2 aliphatic carbocycles. The number of aliphatic hydroxyl groups is 1. The van der Waals surface area contributed by atoms with Gasteiger partial charge in [-0.1, -0.05) is 6.92 Å². The fourth-order valence-electron chi connectivity index (χ4n) is 3.36. The Labute approximate surface area is 108 Å². The second kappa shape index (κ2) is 4.30. The van der Waals surface area contributed by atoms with E-state index in [1.54, 1.807) is 20.8 Å². The summed E-state index contributed by atoms with van der Waals surface area (Å²) in [6.45, 7) is 7.24. The summed E-state index contributed by atoms with van der Waals surface area (Å²) in [5, 5.41) is 10.2. The third-order valence-corrected chi connectivity index (χ3v) is 4.63. The number of ketones is 2. The van der Waals surface area contributed by atoms with Crippen LogP contribution in [0, 0.1) is 17.8 Å². The standard InChI is InChI=1S/C15H22O3/c1-8-5-6-11(15(3,4)18)14(17)13-9(2)12(16)7-10(8)13/h8,10-11,18H,5-7H2,1-4H3/t8-,10+,11-/m0/s1. The lowest BCUT2D eigenvalue weighted by Crippen LogP contribution is -2.37. The van der Waals surface area contributed by atoms with Crippen LogP contribution >= 0.6 is 0 Å². The predicted molar refractivity (Wildman–Crippen MR) is 69.0 cm³/mol. The average molecular weight is 250 g/mol. The van der Waals surface area contributed by atoms with Gasteiger partial charge >= 0.3 is 0 Å². The van der Waals surface area contributed by atoms with Crippen molar-refractivity contribution in [3.05, 3.63) is 11.1 Å². The molecule has 0 heterocycles. The Morgan fingerprint density at radius 3 is 2.39 bits per heavy atom. The highest BCUT2D eigenvalue weighted by Gasteiger charge is 2.45. The Morgan fingerprint density at radius 1 is 1.22 bits per heavy atom. The number of rotatable bonds is 1. The quantitative estimate of drug-likeness (QED) is 0.776. The number of hydrogen-bond donors (Lipinski definition) is 1. The zero-order valence-electron chi connectivity index (χ0n) is 11.6. The van der Waals surface area contributed by atoms with Crippen molar-refractivity contribution in [1.82, 2.24) is 0 Å². The maximum Gasteiger partial charge on any atom is 0.165 e. The Balaban J connectivity index is 2.46. The van der Waals surface area contributed by atoms with Gasteiger partial charge in [-0.3, -0.25) is 9.59 Å². The van der Waals surface area contributed by atoms with Gasteiger partial charge in [0.15, 0.2) is 11.6 Å². The largest absolute Gasteiger partial charge is 0.390 e. The second-order valence-electron chi connectivity index (χ2n) is 6.40. The molecule has 1 fully saturated rings. The van der Waals surface area contributed by atoms with Gasteiger partial charge < -0.3 is 5.11 Å². The lowest BCUT2D eigenvalue weighted by molar-refractivity contribution is -0.126. The van der Waals surface area contributed by atoms with Crippen LogP contribution in [0.2, 0.25) is 0 Å². The first-order valence-electron chi connectivity index (χ1n) is 6.74. The summed E-state index contributed by atoms with van der Waals surface area (Å²) in [7, 11) is 0. The highest BCUT2D eigenvalue weighted by Crippen LogP contribution is 2.44. The zero-order chi connectivity index (χ0) is 13.7. The predicted octanol–water partition coefficient (Wildman–Crippen LogP) is 2.28. The van der Waals surface area contributed by atoms with E-state index in [0.29, 0.717) is 29.9 Å². The molecule has 2 rings (SSSR count). The van der Waals surface area contributed by atoms with Gasteiger partial charge in [0.1, 0.15) is 0 Å². The van der Waals surface area contributed by atoms with Crippen LogP contribution in [0.15, 0.2) is 11.1 Å². The molecule has 100 valence electrons. The fraction of sp³-hybridized carbons (Fsp3) is 0.733. The molecule has 0 aromatic carbocycles. The van der Waals surface area contributed by atoms with Crippen LogP contribution in [0.3, 0.4) is 0 Å². The molecule has 0 unspecified atom stereocenters. The van der Waals surface area contributed by atoms with Crippen molar-refractivity contribution < 1.29 is 14.7 Å². The minimum Gasteiger partial charge on any atom is -0.390 e. The minimum absolute atomic E-state index is 0.000185. The molecule has 3 atom stereocenters. The molecule has 0 saturated heterocycles. The van der Waals surface area contributed by atoms with Crippen LogP contribution in [0.4, 0.5) is 0 Å². The minimum atomic E-state index is -1.01. The second-order valence-corrected chi connectivity index (χ2v) is 6.40. The van der Waals surface area contributed by atoms with Crippen LogP contribution in [0.1, 0.15) is 47.0 Å². The van der Waals surface area contributed by atoms with Crippen molar-refractivity contribution >= 4 is 11.6 Å². The molecule has 1 N–H and O–H groups in total. The Kier molecular flexibility index (Phi) is 3.22. The van der Waals surface area contributed by atoms with Gasteiger partial charge in [0, 0.05) is 12.0 Å². The number of fused-ring (bicyclic) bond motifs is 1. The first-order chi connectivity index (χ1) is 8.23. The molecule has 0 spiro atoms. The molecule has 18 heavy (non-hydrogen) atoms. The van der Waals surface area contributed by atoms with E-state index in [9.17, 15) is 14.7 Å². The van der Waals surface area contributed by atoms with E-state index in [0.717, 1.165) is 6.42 Å². The summed E-state index contributed by atoms with van der Waals surface area (Å²) >= 11 is 0. The van der Waals surface area contributed by atoms with Gasteiger partial charge in [0.25, 0.3) is 0 Å². The first kappa shape index (κ1) is 13.5. The van der Waals surface area contributed by atoms with Gasteiger partial charge in [-0.2, -0.15) is 0 Å². The van der Waals surface area contributed by atoms with Crippen molar-refractivity contribution in [1.29, 1.82) is 0 Å². The maximum absolute atomic E-state index is 12.6. The third-order valence-electron chi connectivity index (χ3n) is 4.63. The SMILES string of the molecule is CC1=C2C(=O)[C@@H](C(C)(C)O)CC[C@H](C)[C@H]2CC1=O. The molecule has 0 aromatic rings. The number of Topliss-reactive ketones (excluding diaryl/α,β-unsaturated/α-hetero) is 2. The molecule has 3 heteroatoms. The molecular formula is C15H22O3. The molecule has 0 bridgehead atoms. The fourth-order valence-corrected chi connectivity index (χ4v) is 3.36. The number of allylic oxidation sites excluding steroid dienone is 2. The van der Waals surface area contributed by atoms with E-state index < -0.39 is 5.60 Å². The molecule has 0 aliphatic heterocycles. The summed E-state index contributed by atoms with van der Waals surface area (Å²) in [6.07, 6.45) is 2.09. The highest BCUT2D eigenvalue weighted by atomic mass is 16.3. The van der Waals surface area contributed by atoms with Crippen molar-refractivity contribution in [2.75, 3.05) is 0 Å². The van der Waals surface area contributed by atoms with Crippen LogP contribution in [0.5, 0.6) is 0 Å². The Morgan fingerprint density at radius 2 is 1.83 bits per heavy atom. The maximum atomic E-state index is 12.6.